The zero-order chi connectivity index (χ0) is 16.7. The van der Waals surface area contributed by atoms with Crippen molar-refractivity contribution in [2.75, 3.05) is 18.0 Å². The predicted octanol–water partition coefficient (Wildman–Crippen LogP) is 3.48. The number of fused-ring (bicyclic) bond motifs is 1. The third-order valence-corrected chi connectivity index (χ3v) is 5.82. The lowest BCUT2D eigenvalue weighted by Crippen LogP contribution is -2.34. The fourth-order valence-electron chi connectivity index (χ4n) is 3.13. The molecule has 0 bridgehead atoms. The molecule has 0 N–H and O–H groups in total. The van der Waals surface area contributed by atoms with Crippen LogP contribution in [0, 0.1) is 5.82 Å². The summed E-state index contributed by atoms with van der Waals surface area (Å²) in [5.41, 5.74) is 0.565. The molecule has 0 amide bonds. The van der Waals surface area contributed by atoms with Crippen molar-refractivity contribution in [3.63, 3.8) is 0 Å². The topological polar surface area (TPSA) is 59.7 Å². The van der Waals surface area contributed by atoms with Gasteiger partial charge in [0.2, 0.25) is 5.13 Å². The highest BCUT2D eigenvalue weighted by atomic mass is 35.5. The van der Waals surface area contributed by atoms with Crippen molar-refractivity contribution in [3.05, 3.63) is 28.5 Å². The van der Waals surface area contributed by atoms with Gasteiger partial charge >= 0.3 is 0 Å². The second-order valence-corrected chi connectivity index (χ2v) is 7.20. The van der Waals surface area contributed by atoms with E-state index in [4.69, 9.17) is 11.6 Å². The second-order valence-electron chi connectivity index (χ2n) is 5.80. The fourth-order valence-corrected chi connectivity index (χ4v) is 4.18. The highest BCUT2D eigenvalue weighted by molar-refractivity contribution is 7.15. The summed E-state index contributed by atoms with van der Waals surface area (Å²) in [6.07, 6.45) is 5.57. The monoisotopic (exact) mass is 366 g/mol. The highest BCUT2D eigenvalue weighted by Crippen LogP contribution is 2.33. The van der Waals surface area contributed by atoms with Crippen LogP contribution in [0.3, 0.4) is 0 Å². The van der Waals surface area contributed by atoms with E-state index in [1.54, 1.807) is 11.3 Å². The average molecular weight is 367 g/mol. The number of rotatable bonds is 3. The maximum atomic E-state index is 14.2. The lowest BCUT2D eigenvalue weighted by molar-refractivity contribution is 0.400. The molecule has 0 atom stereocenters. The van der Waals surface area contributed by atoms with Gasteiger partial charge in [-0.25, -0.2) is 14.4 Å². The van der Waals surface area contributed by atoms with Crippen molar-refractivity contribution in [2.45, 2.75) is 32.2 Å². The Morgan fingerprint density at radius 1 is 1.29 bits per heavy atom. The molecule has 1 saturated heterocycles. The van der Waals surface area contributed by atoms with Gasteiger partial charge in [-0.2, -0.15) is 0 Å². The van der Waals surface area contributed by atoms with Crippen molar-refractivity contribution in [1.29, 1.82) is 0 Å². The van der Waals surface area contributed by atoms with Crippen LogP contribution in [0.5, 0.6) is 0 Å². The Bertz CT molecular complexity index is 870. The van der Waals surface area contributed by atoms with Crippen LogP contribution in [0.4, 0.5) is 9.52 Å². The molecular formula is C15H16ClFN6S. The number of aryl methyl sites for hydroxylation is 1. The third kappa shape index (κ3) is 2.63. The molecule has 9 heteroatoms. The van der Waals surface area contributed by atoms with Crippen LogP contribution >= 0.6 is 22.9 Å². The minimum Gasteiger partial charge on any atom is -0.347 e. The summed E-state index contributed by atoms with van der Waals surface area (Å²) >= 11 is 7.65. The number of hydrogen-bond acceptors (Lipinski definition) is 6. The lowest BCUT2D eigenvalue weighted by atomic mass is 10.1. The Kier molecular flexibility index (Phi) is 4.09. The van der Waals surface area contributed by atoms with Crippen molar-refractivity contribution in [2.24, 2.45) is 0 Å². The molecule has 0 aliphatic carbocycles. The van der Waals surface area contributed by atoms with E-state index >= 15 is 0 Å². The molecule has 3 aromatic rings. The van der Waals surface area contributed by atoms with E-state index in [1.165, 1.54) is 12.5 Å². The van der Waals surface area contributed by atoms with E-state index in [0.29, 0.717) is 11.0 Å². The zero-order valence-corrected chi connectivity index (χ0v) is 14.7. The normalized spacial score (nSPS) is 16.2. The summed E-state index contributed by atoms with van der Waals surface area (Å²) in [4.78, 5) is 10.3. The van der Waals surface area contributed by atoms with E-state index in [2.05, 4.69) is 32.0 Å². The Labute approximate surface area is 147 Å². The number of nitrogens with zero attached hydrogens (tertiary/aromatic N) is 6. The van der Waals surface area contributed by atoms with Gasteiger partial charge in [0.15, 0.2) is 5.82 Å². The molecule has 6 nitrogen and oxygen atoms in total. The summed E-state index contributed by atoms with van der Waals surface area (Å²) in [5, 5.41) is 10.9. The van der Waals surface area contributed by atoms with Gasteiger partial charge in [-0.1, -0.05) is 29.9 Å². The molecule has 0 unspecified atom stereocenters. The number of anilines is 1. The maximum absolute atomic E-state index is 14.2. The van der Waals surface area contributed by atoms with Gasteiger partial charge in [-0.3, -0.25) is 0 Å². The van der Waals surface area contributed by atoms with Crippen LogP contribution in [0.15, 0.2) is 12.5 Å². The minimum absolute atomic E-state index is 0.162. The first kappa shape index (κ1) is 15.7. The molecule has 1 fully saturated rings. The van der Waals surface area contributed by atoms with Crippen molar-refractivity contribution in [1.82, 2.24) is 24.7 Å². The highest BCUT2D eigenvalue weighted by Gasteiger charge is 2.25. The second kappa shape index (κ2) is 6.25. The molecule has 1 aliphatic rings. The van der Waals surface area contributed by atoms with E-state index < -0.39 is 0 Å². The molecule has 4 heterocycles. The first-order chi connectivity index (χ1) is 11.7. The summed E-state index contributed by atoms with van der Waals surface area (Å²) < 4.78 is 16.1. The first-order valence-corrected chi connectivity index (χ1v) is 9.10. The van der Waals surface area contributed by atoms with Crippen molar-refractivity contribution < 1.29 is 4.39 Å². The third-order valence-electron chi connectivity index (χ3n) is 4.40. The first-order valence-electron chi connectivity index (χ1n) is 7.91. The van der Waals surface area contributed by atoms with E-state index in [0.717, 1.165) is 42.5 Å². The van der Waals surface area contributed by atoms with Crippen LogP contribution in [0.2, 0.25) is 5.15 Å². The van der Waals surface area contributed by atoms with Gasteiger partial charge in [-0.05, 0) is 19.3 Å². The lowest BCUT2D eigenvalue weighted by Gasteiger charge is -2.32. The van der Waals surface area contributed by atoms with Gasteiger partial charge in [0.1, 0.15) is 22.1 Å². The Balaban J connectivity index is 1.55. The number of piperidine rings is 1. The summed E-state index contributed by atoms with van der Waals surface area (Å²) in [5.74, 6) is -0.366. The van der Waals surface area contributed by atoms with Crippen molar-refractivity contribution >= 4 is 39.1 Å². The number of aromatic nitrogens is 5. The molecule has 1 aliphatic heterocycles. The Morgan fingerprint density at radius 3 is 2.79 bits per heavy atom. The molecule has 0 spiro atoms. The maximum Gasteiger partial charge on any atom is 0.208 e. The molecule has 0 saturated carbocycles. The number of hydrogen-bond donors (Lipinski definition) is 0. The average Bonchev–Trinajstić information content (AvgIpc) is 3.21. The minimum atomic E-state index is -0.366. The fraction of sp³-hybridized carbons (Fsp3) is 0.467. The van der Waals surface area contributed by atoms with Gasteiger partial charge in [0, 0.05) is 25.3 Å². The van der Waals surface area contributed by atoms with Gasteiger partial charge in [-0.15, -0.1) is 10.2 Å². The van der Waals surface area contributed by atoms with Gasteiger partial charge in [0.25, 0.3) is 0 Å². The van der Waals surface area contributed by atoms with Gasteiger partial charge < -0.3 is 9.47 Å². The van der Waals surface area contributed by atoms with E-state index in [1.807, 2.05) is 4.57 Å². The molecule has 3 aromatic heterocycles. The summed E-state index contributed by atoms with van der Waals surface area (Å²) in [6.45, 7) is 3.81. The van der Waals surface area contributed by atoms with E-state index in [-0.39, 0.29) is 17.0 Å². The summed E-state index contributed by atoms with van der Waals surface area (Å²) in [6, 6.07) is 0.192. The predicted molar refractivity (Wildman–Crippen MR) is 92.3 cm³/mol. The van der Waals surface area contributed by atoms with Crippen molar-refractivity contribution in [3.8, 4) is 0 Å². The molecule has 126 valence electrons. The molecule has 0 aromatic carbocycles. The smallest absolute Gasteiger partial charge is 0.208 e. The van der Waals surface area contributed by atoms with Crippen LogP contribution in [-0.4, -0.2) is 37.8 Å². The number of halogens is 2. The van der Waals surface area contributed by atoms with Gasteiger partial charge in [0.05, 0.1) is 5.39 Å². The Hall–Kier alpha value is -1.80. The zero-order valence-electron chi connectivity index (χ0n) is 13.1. The summed E-state index contributed by atoms with van der Waals surface area (Å²) in [7, 11) is 0. The van der Waals surface area contributed by atoms with Crippen LogP contribution in [-0.2, 0) is 6.42 Å². The van der Waals surface area contributed by atoms with Crippen LogP contribution in [0.1, 0.15) is 30.8 Å². The molecule has 4 rings (SSSR count). The van der Waals surface area contributed by atoms with Crippen LogP contribution in [0.25, 0.3) is 11.0 Å². The van der Waals surface area contributed by atoms with Crippen LogP contribution < -0.4 is 4.90 Å². The molecule has 0 radical (unpaired) electrons. The SMILES string of the molecule is CCc1nnc(N2CCC(n3cc(F)c4c(Cl)ncnc43)CC2)s1. The largest absolute Gasteiger partial charge is 0.347 e. The Morgan fingerprint density at radius 2 is 2.08 bits per heavy atom. The molecular weight excluding hydrogens is 351 g/mol. The quantitative estimate of drug-likeness (QED) is 0.664. The standard InChI is InChI=1S/C15H16ClFN6S/c1-2-11-20-21-15(24-11)22-5-3-9(4-6-22)23-7-10(17)12-13(16)18-8-19-14(12)23/h7-9H,2-6H2,1H3. The molecule has 24 heavy (non-hydrogen) atoms. The van der Waals surface area contributed by atoms with E-state index in [9.17, 15) is 4.39 Å².